The van der Waals surface area contributed by atoms with Gasteiger partial charge < -0.3 is 5.32 Å². The van der Waals surface area contributed by atoms with E-state index in [2.05, 4.69) is 15.0 Å². The van der Waals surface area contributed by atoms with Crippen molar-refractivity contribution in [3.05, 3.63) is 78.0 Å². The van der Waals surface area contributed by atoms with E-state index in [4.69, 9.17) is 0 Å². The first kappa shape index (κ1) is 17.0. The number of sulfonamides is 1. The van der Waals surface area contributed by atoms with Crippen LogP contribution in [0, 0.1) is 13.8 Å². The molecule has 0 aliphatic carbocycles. The van der Waals surface area contributed by atoms with Gasteiger partial charge in [-0.05, 0) is 61.4 Å². The van der Waals surface area contributed by atoms with Crippen molar-refractivity contribution >= 4 is 27.2 Å². The van der Waals surface area contributed by atoms with Gasteiger partial charge in [-0.2, -0.15) is 0 Å². The molecule has 0 aliphatic heterocycles. The number of anilines is 3. The van der Waals surface area contributed by atoms with Gasteiger partial charge in [-0.3, -0.25) is 4.72 Å². The smallest absolute Gasteiger partial charge is 0.261 e. The van der Waals surface area contributed by atoms with E-state index in [1.165, 1.54) is 6.20 Å². The topological polar surface area (TPSA) is 71.1 Å². The number of pyridine rings is 1. The highest BCUT2D eigenvalue weighted by molar-refractivity contribution is 7.92. The molecule has 0 amide bonds. The van der Waals surface area contributed by atoms with Crippen LogP contribution in [-0.2, 0) is 10.0 Å². The number of hydrogen-bond donors (Lipinski definition) is 2. The Kier molecular flexibility index (Phi) is 4.72. The Bertz CT molecular complexity index is 969. The van der Waals surface area contributed by atoms with Crippen molar-refractivity contribution in [3.63, 3.8) is 0 Å². The van der Waals surface area contributed by atoms with Crippen molar-refractivity contribution in [1.82, 2.24) is 4.98 Å². The highest BCUT2D eigenvalue weighted by atomic mass is 32.2. The maximum atomic E-state index is 12.5. The van der Waals surface area contributed by atoms with Crippen LogP contribution in [0.15, 0.2) is 71.8 Å². The second-order valence-corrected chi connectivity index (χ2v) is 7.46. The third-order valence-electron chi connectivity index (χ3n) is 3.85. The molecule has 128 valence electrons. The fraction of sp³-hybridized carbons (Fsp3) is 0.105. The summed E-state index contributed by atoms with van der Waals surface area (Å²) in [6.45, 7) is 3.83. The van der Waals surface area contributed by atoms with Gasteiger partial charge in [0, 0.05) is 5.69 Å². The lowest BCUT2D eigenvalue weighted by atomic mass is 10.1. The predicted molar refractivity (Wildman–Crippen MR) is 101 cm³/mol. The van der Waals surface area contributed by atoms with Crippen molar-refractivity contribution in [2.45, 2.75) is 18.7 Å². The number of aromatic nitrogens is 1. The van der Waals surface area contributed by atoms with Gasteiger partial charge in [0.05, 0.1) is 16.8 Å². The molecule has 2 N–H and O–H groups in total. The zero-order chi connectivity index (χ0) is 17.9. The van der Waals surface area contributed by atoms with Gasteiger partial charge in [0.25, 0.3) is 10.0 Å². The molecule has 2 aromatic carbocycles. The standard InChI is InChI=1S/C19H19N3O2S/c1-14-8-10-18(12-15(14)2)25(23,24)22-17-9-11-19(20-13-17)21-16-6-4-3-5-7-16/h3-13,22H,1-2H3,(H,20,21). The molecule has 0 saturated heterocycles. The maximum Gasteiger partial charge on any atom is 0.261 e. The van der Waals surface area contributed by atoms with Gasteiger partial charge in [0.2, 0.25) is 0 Å². The highest BCUT2D eigenvalue weighted by Gasteiger charge is 2.15. The molecule has 1 heterocycles. The van der Waals surface area contributed by atoms with Crippen LogP contribution in [0.2, 0.25) is 0 Å². The lowest BCUT2D eigenvalue weighted by Gasteiger charge is -2.10. The van der Waals surface area contributed by atoms with E-state index in [1.54, 1.807) is 30.3 Å². The van der Waals surface area contributed by atoms with Crippen LogP contribution in [0.1, 0.15) is 11.1 Å². The van der Waals surface area contributed by atoms with Crippen molar-refractivity contribution in [2.75, 3.05) is 10.0 Å². The molecular weight excluding hydrogens is 334 g/mol. The lowest BCUT2D eigenvalue weighted by Crippen LogP contribution is -2.13. The van der Waals surface area contributed by atoms with E-state index in [1.807, 2.05) is 44.2 Å². The van der Waals surface area contributed by atoms with E-state index in [9.17, 15) is 8.42 Å². The van der Waals surface area contributed by atoms with Crippen LogP contribution < -0.4 is 10.0 Å². The van der Waals surface area contributed by atoms with Gasteiger partial charge in [-0.15, -0.1) is 0 Å². The fourth-order valence-corrected chi connectivity index (χ4v) is 3.42. The normalized spacial score (nSPS) is 11.1. The molecule has 0 spiro atoms. The van der Waals surface area contributed by atoms with Gasteiger partial charge >= 0.3 is 0 Å². The first-order valence-electron chi connectivity index (χ1n) is 7.82. The first-order chi connectivity index (χ1) is 11.9. The molecule has 0 aliphatic rings. The monoisotopic (exact) mass is 353 g/mol. The van der Waals surface area contributed by atoms with Gasteiger partial charge in [-0.25, -0.2) is 13.4 Å². The number of para-hydroxylation sites is 1. The summed E-state index contributed by atoms with van der Waals surface area (Å²) in [5, 5.41) is 3.15. The molecule has 0 atom stereocenters. The quantitative estimate of drug-likeness (QED) is 0.719. The number of hydrogen-bond acceptors (Lipinski definition) is 4. The highest BCUT2D eigenvalue weighted by Crippen LogP contribution is 2.20. The van der Waals surface area contributed by atoms with Gasteiger partial charge in [0.15, 0.2) is 0 Å². The minimum atomic E-state index is -3.63. The SMILES string of the molecule is Cc1ccc(S(=O)(=O)Nc2ccc(Nc3ccccc3)nc2)cc1C. The molecule has 25 heavy (non-hydrogen) atoms. The Morgan fingerprint density at radius 3 is 2.24 bits per heavy atom. The Morgan fingerprint density at radius 2 is 1.60 bits per heavy atom. The molecule has 5 nitrogen and oxygen atoms in total. The Balaban J connectivity index is 1.75. The number of aryl methyl sites for hydroxylation is 2. The summed E-state index contributed by atoms with van der Waals surface area (Å²) < 4.78 is 27.5. The number of nitrogens with zero attached hydrogens (tertiary/aromatic N) is 1. The summed E-state index contributed by atoms with van der Waals surface area (Å²) in [7, 11) is -3.63. The summed E-state index contributed by atoms with van der Waals surface area (Å²) in [6.07, 6.45) is 1.49. The number of rotatable bonds is 5. The molecule has 6 heteroatoms. The van der Waals surface area contributed by atoms with Crippen LogP contribution in [0.5, 0.6) is 0 Å². The van der Waals surface area contributed by atoms with Gasteiger partial charge in [-0.1, -0.05) is 24.3 Å². The molecule has 0 bridgehead atoms. The predicted octanol–water partition coefficient (Wildman–Crippen LogP) is 4.24. The van der Waals surface area contributed by atoms with Crippen molar-refractivity contribution in [1.29, 1.82) is 0 Å². The molecule has 0 saturated carbocycles. The van der Waals surface area contributed by atoms with E-state index in [-0.39, 0.29) is 4.90 Å². The van der Waals surface area contributed by atoms with E-state index in [0.717, 1.165) is 16.8 Å². The summed E-state index contributed by atoms with van der Waals surface area (Å²) in [6, 6.07) is 18.1. The average Bonchev–Trinajstić information content (AvgIpc) is 2.60. The second-order valence-electron chi connectivity index (χ2n) is 5.77. The number of benzene rings is 2. The fourth-order valence-electron chi connectivity index (χ4n) is 2.29. The van der Waals surface area contributed by atoms with Crippen LogP contribution in [0.3, 0.4) is 0 Å². The zero-order valence-electron chi connectivity index (χ0n) is 14.0. The Hall–Kier alpha value is -2.86. The molecule has 3 rings (SSSR count). The van der Waals surface area contributed by atoms with E-state index in [0.29, 0.717) is 11.5 Å². The Labute approximate surface area is 147 Å². The second kappa shape index (κ2) is 6.94. The maximum absolute atomic E-state index is 12.5. The minimum absolute atomic E-state index is 0.238. The van der Waals surface area contributed by atoms with Crippen molar-refractivity contribution in [3.8, 4) is 0 Å². The van der Waals surface area contributed by atoms with Crippen molar-refractivity contribution < 1.29 is 8.42 Å². The third-order valence-corrected chi connectivity index (χ3v) is 5.23. The minimum Gasteiger partial charge on any atom is -0.340 e. The van der Waals surface area contributed by atoms with Gasteiger partial charge in [0.1, 0.15) is 5.82 Å². The van der Waals surface area contributed by atoms with Crippen LogP contribution >= 0.6 is 0 Å². The van der Waals surface area contributed by atoms with E-state index < -0.39 is 10.0 Å². The molecule has 0 unspecified atom stereocenters. The van der Waals surface area contributed by atoms with Crippen molar-refractivity contribution in [2.24, 2.45) is 0 Å². The number of nitrogens with one attached hydrogen (secondary N) is 2. The molecule has 0 fully saturated rings. The largest absolute Gasteiger partial charge is 0.340 e. The third kappa shape index (κ3) is 4.16. The van der Waals surface area contributed by atoms with Crippen LogP contribution in [0.25, 0.3) is 0 Å². The Morgan fingerprint density at radius 1 is 0.840 bits per heavy atom. The molecule has 0 radical (unpaired) electrons. The molecule has 1 aromatic heterocycles. The van der Waals surface area contributed by atoms with Crippen LogP contribution in [-0.4, -0.2) is 13.4 Å². The van der Waals surface area contributed by atoms with Crippen LogP contribution in [0.4, 0.5) is 17.2 Å². The molecule has 3 aromatic rings. The molecular formula is C19H19N3O2S. The zero-order valence-corrected chi connectivity index (χ0v) is 14.8. The van der Waals surface area contributed by atoms with E-state index >= 15 is 0 Å². The summed E-state index contributed by atoms with van der Waals surface area (Å²) in [5.41, 5.74) is 3.32. The first-order valence-corrected chi connectivity index (χ1v) is 9.30. The summed E-state index contributed by atoms with van der Waals surface area (Å²) in [4.78, 5) is 4.48. The summed E-state index contributed by atoms with van der Waals surface area (Å²) in [5.74, 6) is 0.639. The average molecular weight is 353 g/mol. The lowest BCUT2D eigenvalue weighted by molar-refractivity contribution is 0.601. The summed E-state index contributed by atoms with van der Waals surface area (Å²) >= 11 is 0.